The molecule has 3 N–H and O–H groups in total. The van der Waals surface area contributed by atoms with Gasteiger partial charge in [-0.05, 0) is 31.4 Å². The molecule has 94 valence electrons. The van der Waals surface area contributed by atoms with Gasteiger partial charge in [-0.3, -0.25) is 10.2 Å². The number of hydrogen-bond acceptors (Lipinski definition) is 3. The summed E-state index contributed by atoms with van der Waals surface area (Å²) in [6.45, 7) is 0.522. The summed E-state index contributed by atoms with van der Waals surface area (Å²) in [5, 5.41) is 0. The maximum atomic E-state index is 12.8. The Morgan fingerprint density at radius 3 is 2.88 bits per heavy atom. The maximum Gasteiger partial charge on any atom is 0.233 e. The number of rotatable bonds is 7. The zero-order chi connectivity index (χ0) is 12.5. The van der Waals surface area contributed by atoms with Crippen LogP contribution in [-0.2, 0) is 4.79 Å². The highest BCUT2D eigenvalue weighted by atomic mass is 19.1. The molecule has 0 heterocycles. The Hall–Kier alpha value is -1.62. The number of amides is 1. The van der Waals surface area contributed by atoms with Crippen LogP contribution in [0.3, 0.4) is 0 Å². The van der Waals surface area contributed by atoms with Crippen molar-refractivity contribution in [3.63, 3.8) is 0 Å². The fraction of sp³-hybridized carbons (Fsp3) is 0.417. The molecule has 0 aromatic heterocycles. The number of carbonyl (C=O) groups is 1. The first-order valence-electron chi connectivity index (χ1n) is 5.60. The van der Waals surface area contributed by atoms with E-state index in [-0.39, 0.29) is 11.7 Å². The van der Waals surface area contributed by atoms with Gasteiger partial charge in [0.25, 0.3) is 0 Å². The summed E-state index contributed by atoms with van der Waals surface area (Å²) >= 11 is 0. The molecule has 0 unspecified atom stereocenters. The van der Waals surface area contributed by atoms with E-state index in [4.69, 9.17) is 10.6 Å². The van der Waals surface area contributed by atoms with E-state index in [9.17, 15) is 9.18 Å². The molecule has 0 aliphatic heterocycles. The van der Waals surface area contributed by atoms with Gasteiger partial charge in [0.05, 0.1) is 6.61 Å². The fourth-order valence-electron chi connectivity index (χ4n) is 1.38. The van der Waals surface area contributed by atoms with E-state index in [2.05, 4.69) is 5.43 Å². The van der Waals surface area contributed by atoms with Crippen LogP contribution in [0.15, 0.2) is 24.3 Å². The van der Waals surface area contributed by atoms with Crippen LogP contribution >= 0.6 is 0 Å². The highest BCUT2D eigenvalue weighted by Crippen LogP contribution is 2.12. The van der Waals surface area contributed by atoms with Crippen molar-refractivity contribution in [2.75, 3.05) is 6.61 Å². The second-order valence-electron chi connectivity index (χ2n) is 3.68. The molecule has 1 aromatic rings. The lowest BCUT2D eigenvalue weighted by Crippen LogP contribution is -2.29. The highest BCUT2D eigenvalue weighted by molar-refractivity contribution is 5.74. The summed E-state index contributed by atoms with van der Waals surface area (Å²) in [6.07, 6.45) is 2.91. The quantitative estimate of drug-likeness (QED) is 0.330. The summed E-state index contributed by atoms with van der Waals surface area (Å²) in [6, 6.07) is 6.04. The molecule has 0 aliphatic rings. The lowest BCUT2D eigenvalue weighted by molar-refractivity contribution is -0.121. The zero-order valence-electron chi connectivity index (χ0n) is 9.62. The third-order valence-electron chi connectivity index (χ3n) is 2.27. The van der Waals surface area contributed by atoms with Crippen molar-refractivity contribution in [2.45, 2.75) is 25.7 Å². The molecule has 5 heteroatoms. The van der Waals surface area contributed by atoms with Gasteiger partial charge in [-0.2, -0.15) is 0 Å². The van der Waals surface area contributed by atoms with Crippen LogP contribution in [0.2, 0.25) is 0 Å². The number of hydrazine groups is 1. The minimum absolute atomic E-state index is 0.156. The topological polar surface area (TPSA) is 64.3 Å². The van der Waals surface area contributed by atoms with E-state index in [1.54, 1.807) is 12.1 Å². The molecule has 0 saturated carbocycles. The Kier molecular flexibility index (Phi) is 6.03. The minimum Gasteiger partial charge on any atom is -0.493 e. The predicted molar refractivity (Wildman–Crippen MR) is 62.7 cm³/mol. The molecule has 0 radical (unpaired) electrons. The summed E-state index contributed by atoms with van der Waals surface area (Å²) in [7, 11) is 0. The van der Waals surface area contributed by atoms with Crippen molar-refractivity contribution in [1.82, 2.24) is 5.43 Å². The van der Waals surface area contributed by atoms with E-state index in [1.165, 1.54) is 12.1 Å². The lowest BCUT2D eigenvalue weighted by atomic mass is 10.2. The van der Waals surface area contributed by atoms with Gasteiger partial charge in [-0.1, -0.05) is 6.07 Å². The van der Waals surface area contributed by atoms with Gasteiger partial charge in [-0.25, -0.2) is 10.2 Å². The molecule has 0 atom stereocenters. The number of nitrogens with two attached hydrogens (primary N) is 1. The van der Waals surface area contributed by atoms with Crippen LogP contribution in [0.5, 0.6) is 5.75 Å². The van der Waals surface area contributed by atoms with E-state index >= 15 is 0 Å². The molecule has 17 heavy (non-hydrogen) atoms. The van der Waals surface area contributed by atoms with Crippen molar-refractivity contribution in [3.05, 3.63) is 30.1 Å². The van der Waals surface area contributed by atoms with E-state index in [1.807, 2.05) is 0 Å². The summed E-state index contributed by atoms with van der Waals surface area (Å²) in [4.78, 5) is 10.8. The second-order valence-corrected chi connectivity index (χ2v) is 3.68. The monoisotopic (exact) mass is 240 g/mol. The predicted octanol–water partition coefficient (Wildman–Crippen LogP) is 1.75. The summed E-state index contributed by atoms with van der Waals surface area (Å²) < 4.78 is 18.1. The van der Waals surface area contributed by atoms with Crippen LogP contribution in [0.25, 0.3) is 0 Å². The van der Waals surface area contributed by atoms with Gasteiger partial charge in [-0.15, -0.1) is 0 Å². The van der Waals surface area contributed by atoms with Gasteiger partial charge < -0.3 is 4.74 Å². The Balaban J connectivity index is 2.06. The van der Waals surface area contributed by atoms with Crippen LogP contribution in [0.1, 0.15) is 25.7 Å². The molecule has 0 saturated heterocycles. The molecule has 1 rings (SSSR count). The number of carbonyl (C=O) groups excluding carboxylic acids is 1. The van der Waals surface area contributed by atoms with Crippen LogP contribution in [0, 0.1) is 5.82 Å². The van der Waals surface area contributed by atoms with Gasteiger partial charge in [0, 0.05) is 12.5 Å². The standard InChI is InChI=1S/C12H17FN2O2/c13-10-5-4-6-11(9-10)17-8-3-1-2-7-12(16)15-14/h4-6,9H,1-3,7-8,14H2,(H,15,16). The first-order chi connectivity index (χ1) is 8.22. The molecular formula is C12H17FN2O2. The smallest absolute Gasteiger partial charge is 0.233 e. The minimum atomic E-state index is -0.304. The number of benzene rings is 1. The van der Waals surface area contributed by atoms with Gasteiger partial charge in [0.1, 0.15) is 11.6 Å². The van der Waals surface area contributed by atoms with Crippen LogP contribution in [0.4, 0.5) is 4.39 Å². The lowest BCUT2D eigenvalue weighted by Gasteiger charge is -2.05. The van der Waals surface area contributed by atoms with Crippen molar-refractivity contribution in [1.29, 1.82) is 0 Å². The normalized spacial score (nSPS) is 10.0. The number of hydrogen-bond donors (Lipinski definition) is 2. The largest absolute Gasteiger partial charge is 0.493 e. The summed E-state index contributed by atoms with van der Waals surface area (Å²) in [5.74, 6) is 5.02. The fourth-order valence-corrected chi connectivity index (χ4v) is 1.38. The SMILES string of the molecule is NNC(=O)CCCCCOc1cccc(F)c1. The second kappa shape index (κ2) is 7.62. The van der Waals surface area contributed by atoms with Crippen molar-refractivity contribution in [2.24, 2.45) is 5.84 Å². The van der Waals surface area contributed by atoms with E-state index < -0.39 is 0 Å². The molecular weight excluding hydrogens is 223 g/mol. The molecule has 0 spiro atoms. The van der Waals surface area contributed by atoms with Gasteiger partial charge >= 0.3 is 0 Å². The molecule has 0 fully saturated rings. The van der Waals surface area contributed by atoms with Crippen molar-refractivity contribution in [3.8, 4) is 5.75 Å². The maximum absolute atomic E-state index is 12.8. The van der Waals surface area contributed by atoms with Crippen LogP contribution in [-0.4, -0.2) is 12.5 Å². The third kappa shape index (κ3) is 5.87. The van der Waals surface area contributed by atoms with Gasteiger partial charge in [0.15, 0.2) is 0 Å². The van der Waals surface area contributed by atoms with E-state index in [0.29, 0.717) is 18.8 Å². The Bertz CT molecular complexity index is 358. The van der Waals surface area contributed by atoms with Crippen LogP contribution < -0.4 is 16.0 Å². The van der Waals surface area contributed by atoms with Crippen molar-refractivity contribution >= 4 is 5.91 Å². The van der Waals surface area contributed by atoms with Crippen molar-refractivity contribution < 1.29 is 13.9 Å². The number of halogens is 1. The zero-order valence-corrected chi connectivity index (χ0v) is 9.62. The Morgan fingerprint density at radius 1 is 1.35 bits per heavy atom. The summed E-state index contributed by atoms with van der Waals surface area (Å²) in [5.41, 5.74) is 2.08. The number of ether oxygens (including phenoxy) is 1. The highest BCUT2D eigenvalue weighted by Gasteiger charge is 1.99. The number of unbranched alkanes of at least 4 members (excludes halogenated alkanes) is 2. The molecule has 0 aliphatic carbocycles. The van der Waals surface area contributed by atoms with E-state index in [0.717, 1.165) is 19.3 Å². The average Bonchev–Trinajstić information content (AvgIpc) is 2.33. The first kappa shape index (κ1) is 13.4. The van der Waals surface area contributed by atoms with Gasteiger partial charge in [0.2, 0.25) is 5.91 Å². The molecule has 1 aromatic carbocycles. The molecule has 1 amide bonds. The first-order valence-corrected chi connectivity index (χ1v) is 5.60. The average molecular weight is 240 g/mol. The molecule has 0 bridgehead atoms. The molecule has 4 nitrogen and oxygen atoms in total. The Morgan fingerprint density at radius 2 is 2.18 bits per heavy atom. The number of nitrogens with one attached hydrogen (secondary N) is 1. The Labute approximate surface area is 99.9 Å². The third-order valence-corrected chi connectivity index (χ3v) is 2.27.